The van der Waals surface area contributed by atoms with Crippen LogP contribution in [0.2, 0.25) is 0 Å². The Balaban J connectivity index is 1.68. The van der Waals surface area contributed by atoms with Gasteiger partial charge >= 0.3 is 0 Å². The summed E-state index contributed by atoms with van der Waals surface area (Å²) in [5.74, 6) is -0.573. The Morgan fingerprint density at radius 2 is 1.96 bits per heavy atom. The first-order chi connectivity index (χ1) is 13.4. The monoisotopic (exact) mass is 403 g/mol. The Bertz CT molecular complexity index is 952. The summed E-state index contributed by atoms with van der Waals surface area (Å²) in [5, 5.41) is 5.39. The van der Waals surface area contributed by atoms with Crippen LogP contribution >= 0.6 is 0 Å². The fourth-order valence-electron chi connectivity index (χ4n) is 3.00. The zero-order valence-electron chi connectivity index (χ0n) is 15.1. The topological polar surface area (TPSA) is 109 Å². The van der Waals surface area contributed by atoms with Crippen molar-refractivity contribution in [1.82, 2.24) is 9.62 Å². The molecule has 1 aromatic carbocycles. The summed E-state index contributed by atoms with van der Waals surface area (Å²) in [4.78, 5) is 23.6. The molecule has 0 aliphatic carbocycles. The summed E-state index contributed by atoms with van der Waals surface area (Å²) < 4.78 is 32.2. The minimum Gasteiger partial charge on any atom is -0.459 e. The van der Waals surface area contributed by atoms with Crippen molar-refractivity contribution >= 4 is 27.5 Å². The molecule has 0 bridgehead atoms. The average Bonchev–Trinajstić information content (AvgIpc) is 3.23. The quantitative estimate of drug-likeness (QED) is 0.717. The number of amides is 2. The van der Waals surface area contributed by atoms with Gasteiger partial charge in [0, 0.05) is 24.8 Å². The molecule has 2 amide bonds. The Kier molecular flexibility index (Phi) is 5.96. The van der Waals surface area contributed by atoms with Crippen LogP contribution < -0.4 is 10.6 Å². The molecule has 8 nitrogen and oxygen atoms in total. The summed E-state index contributed by atoms with van der Waals surface area (Å²) >= 11 is 0. The molecule has 0 saturated carbocycles. The SMILES string of the molecule is C=CC(=O)N[C@H]1CCCN(S(=O)(=O)c2ccc(NC(=O)c3ccco3)cc2)C1. The molecule has 1 fully saturated rings. The van der Waals surface area contributed by atoms with Crippen molar-refractivity contribution in [1.29, 1.82) is 0 Å². The second-order valence-corrected chi connectivity index (χ2v) is 8.31. The second-order valence-electron chi connectivity index (χ2n) is 6.37. The first-order valence-corrected chi connectivity index (χ1v) is 10.2. The van der Waals surface area contributed by atoms with Crippen LogP contribution in [0.25, 0.3) is 0 Å². The third kappa shape index (κ3) is 4.49. The number of sulfonamides is 1. The van der Waals surface area contributed by atoms with Crippen molar-refractivity contribution in [3.8, 4) is 0 Å². The number of nitrogens with zero attached hydrogens (tertiary/aromatic N) is 1. The van der Waals surface area contributed by atoms with Gasteiger partial charge in [0.1, 0.15) is 0 Å². The minimum atomic E-state index is -3.70. The van der Waals surface area contributed by atoms with Crippen molar-refractivity contribution in [2.75, 3.05) is 18.4 Å². The maximum absolute atomic E-state index is 12.9. The van der Waals surface area contributed by atoms with E-state index in [1.165, 1.54) is 47.0 Å². The van der Waals surface area contributed by atoms with E-state index in [1.807, 2.05) is 0 Å². The van der Waals surface area contributed by atoms with Crippen LogP contribution in [0.3, 0.4) is 0 Å². The summed E-state index contributed by atoms with van der Waals surface area (Å²) in [6.07, 6.45) is 3.93. The average molecular weight is 403 g/mol. The van der Waals surface area contributed by atoms with Gasteiger partial charge < -0.3 is 15.1 Å². The van der Waals surface area contributed by atoms with Crippen LogP contribution in [0.15, 0.2) is 64.6 Å². The standard InChI is InChI=1S/C19H21N3O5S/c1-2-18(23)20-15-5-3-11-22(13-15)28(25,26)16-9-7-14(8-10-16)21-19(24)17-6-4-12-27-17/h2,4,6-10,12,15H,1,3,5,11,13H2,(H,20,23)(H,21,24)/t15-/m0/s1. The lowest BCUT2D eigenvalue weighted by atomic mass is 10.1. The number of anilines is 1. The molecule has 2 N–H and O–H groups in total. The van der Waals surface area contributed by atoms with Crippen molar-refractivity contribution in [3.05, 3.63) is 61.1 Å². The Hall–Kier alpha value is -2.91. The van der Waals surface area contributed by atoms with Crippen LogP contribution in [-0.4, -0.2) is 43.7 Å². The van der Waals surface area contributed by atoms with E-state index in [0.717, 1.165) is 0 Å². The highest BCUT2D eigenvalue weighted by molar-refractivity contribution is 7.89. The lowest BCUT2D eigenvalue weighted by Crippen LogP contribution is -2.49. The highest BCUT2D eigenvalue weighted by atomic mass is 32.2. The normalized spacial score (nSPS) is 17.6. The van der Waals surface area contributed by atoms with Gasteiger partial charge in [0.05, 0.1) is 11.2 Å². The van der Waals surface area contributed by atoms with Gasteiger partial charge in [-0.3, -0.25) is 9.59 Å². The molecule has 3 rings (SSSR count). The zero-order valence-corrected chi connectivity index (χ0v) is 15.9. The van der Waals surface area contributed by atoms with Crippen molar-refractivity contribution < 1.29 is 22.4 Å². The predicted octanol–water partition coefficient (Wildman–Crippen LogP) is 1.99. The number of benzene rings is 1. The van der Waals surface area contributed by atoms with Crippen LogP contribution in [0, 0.1) is 0 Å². The molecular weight excluding hydrogens is 382 g/mol. The summed E-state index contributed by atoms with van der Waals surface area (Å²) in [7, 11) is -3.70. The fraction of sp³-hybridized carbons (Fsp3) is 0.263. The van der Waals surface area contributed by atoms with Gasteiger partial charge in [-0.1, -0.05) is 6.58 Å². The largest absolute Gasteiger partial charge is 0.459 e. The van der Waals surface area contributed by atoms with E-state index in [4.69, 9.17) is 4.42 Å². The summed E-state index contributed by atoms with van der Waals surface area (Å²) in [5.41, 5.74) is 0.454. The van der Waals surface area contributed by atoms with Crippen LogP contribution in [0.1, 0.15) is 23.4 Å². The Labute approximate surface area is 163 Å². The van der Waals surface area contributed by atoms with Gasteiger partial charge in [-0.05, 0) is 55.3 Å². The zero-order chi connectivity index (χ0) is 20.1. The maximum Gasteiger partial charge on any atom is 0.291 e. The van der Waals surface area contributed by atoms with Gasteiger partial charge in [-0.15, -0.1) is 0 Å². The van der Waals surface area contributed by atoms with Crippen LogP contribution in [0.5, 0.6) is 0 Å². The number of furan rings is 1. The molecule has 0 radical (unpaired) electrons. The number of carbonyl (C=O) groups excluding carboxylic acids is 2. The van der Waals surface area contributed by atoms with Crippen LogP contribution in [0.4, 0.5) is 5.69 Å². The van der Waals surface area contributed by atoms with Crippen molar-refractivity contribution in [2.45, 2.75) is 23.8 Å². The molecule has 28 heavy (non-hydrogen) atoms. The molecule has 0 spiro atoms. The van der Waals surface area contributed by atoms with Crippen molar-refractivity contribution in [2.24, 2.45) is 0 Å². The second kappa shape index (κ2) is 8.41. The van der Waals surface area contributed by atoms with E-state index >= 15 is 0 Å². The molecule has 148 valence electrons. The number of nitrogens with one attached hydrogen (secondary N) is 2. The number of piperidine rings is 1. The first kappa shape index (κ1) is 19.8. The van der Waals surface area contributed by atoms with Crippen LogP contribution in [-0.2, 0) is 14.8 Å². The first-order valence-electron chi connectivity index (χ1n) is 8.78. The summed E-state index contributed by atoms with van der Waals surface area (Å²) in [6, 6.07) is 8.82. The predicted molar refractivity (Wildman–Crippen MR) is 103 cm³/mol. The Morgan fingerprint density at radius 3 is 2.61 bits per heavy atom. The number of carbonyl (C=O) groups is 2. The number of hydrogen-bond acceptors (Lipinski definition) is 5. The van der Waals surface area contributed by atoms with Gasteiger partial charge in [-0.2, -0.15) is 4.31 Å². The molecule has 1 aliphatic heterocycles. The minimum absolute atomic E-state index is 0.124. The number of rotatable bonds is 6. The molecule has 0 unspecified atom stereocenters. The lowest BCUT2D eigenvalue weighted by Gasteiger charge is -2.32. The number of hydrogen-bond donors (Lipinski definition) is 2. The maximum atomic E-state index is 12.9. The third-order valence-corrected chi connectivity index (χ3v) is 6.29. The van der Waals surface area contributed by atoms with E-state index in [1.54, 1.807) is 6.07 Å². The molecule has 2 aromatic rings. The third-order valence-electron chi connectivity index (χ3n) is 4.41. The van der Waals surface area contributed by atoms with Gasteiger partial charge in [0.25, 0.3) is 5.91 Å². The fourth-order valence-corrected chi connectivity index (χ4v) is 4.52. The van der Waals surface area contributed by atoms with E-state index < -0.39 is 15.9 Å². The molecule has 1 atom stereocenters. The lowest BCUT2D eigenvalue weighted by molar-refractivity contribution is -0.117. The van der Waals surface area contributed by atoms with Gasteiger partial charge in [-0.25, -0.2) is 8.42 Å². The molecule has 9 heteroatoms. The molecule has 1 saturated heterocycles. The summed E-state index contributed by atoms with van der Waals surface area (Å²) in [6.45, 7) is 4.00. The van der Waals surface area contributed by atoms with Crippen molar-refractivity contribution in [3.63, 3.8) is 0 Å². The molecule has 2 heterocycles. The highest BCUT2D eigenvalue weighted by Crippen LogP contribution is 2.22. The van der Waals surface area contributed by atoms with E-state index in [2.05, 4.69) is 17.2 Å². The van der Waals surface area contributed by atoms with Gasteiger partial charge in [0.2, 0.25) is 15.9 Å². The van der Waals surface area contributed by atoms with E-state index in [0.29, 0.717) is 25.1 Å². The molecule has 1 aliphatic rings. The smallest absolute Gasteiger partial charge is 0.291 e. The van der Waals surface area contributed by atoms with E-state index in [-0.39, 0.29) is 29.1 Å². The van der Waals surface area contributed by atoms with E-state index in [9.17, 15) is 18.0 Å². The van der Waals surface area contributed by atoms with Gasteiger partial charge in [0.15, 0.2) is 5.76 Å². The molecule has 1 aromatic heterocycles. The highest BCUT2D eigenvalue weighted by Gasteiger charge is 2.30. The Morgan fingerprint density at radius 1 is 1.21 bits per heavy atom. The molecular formula is C19H21N3O5S.